The molecule has 1 aliphatic carbocycles. The summed E-state index contributed by atoms with van der Waals surface area (Å²) in [7, 11) is 0. The molecule has 1 unspecified atom stereocenters. The number of nitrogens with one attached hydrogen (secondary N) is 2. The summed E-state index contributed by atoms with van der Waals surface area (Å²) in [5, 5.41) is 11.4. The minimum atomic E-state index is -1.02. The summed E-state index contributed by atoms with van der Waals surface area (Å²) in [6.45, 7) is 0. The maximum atomic E-state index is 10.8. The summed E-state index contributed by atoms with van der Waals surface area (Å²) in [6.07, 6.45) is 5.54. The Bertz CT molecular complexity index is 593. The van der Waals surface area contributed by atoms with Gasteiger partial charge in [0, 0.05) is 23.5 Å². The van der Waals surface area contributed by atoms with Crippen LogP contribution in [0.4, 0.5) is 10.5 Å². The lowest BCUT2D eigenvalue weighted by Crippen LogP contribution is -2.16. The van der Waals surface area contributed by atoms with Crippen LogP contribution in [0.25, 0.3) is 0 Å². The standard InChI is InChI=1S/C14H15N3O2/c18-14(19)17-12-6-2-3-9-10(12)4-1-5-11(9)13-7-15-8-16-13/h2-3,6-8,11,17H,1,4-5H2,(H,15,16)(H,18,19). The van der Waals surface area contributed by atoms with Gasteiger partial charge in [-0.15, -0.1) is 0 Å². The third-order valence-corrected chi connectivity index (χ3v) is 3.64. The predicted octanol–water partition coefficient (Wildman–Crippen LogP) is 2.97. The van der Waals surface area contributed by atoms with Crippen LogP contribution in [-0.2, 0) is 6.42 Å². The maximum absolute atomic E-state index is 10.8. The van der Waals surface area contributed by atoms with Crippen LogP contribution in [0.3, 0.4) is 0 Å². The molecular formula is C14H15N3O2. The van der Waals surface area contributed by atoms with Gasteiger partial charge >= 0.3 is 6.09 Å². The molecule has 1 aromatic carbocycles. The van der Waals surface area contributed by atoms with E-state index in [9.17, 15) is 4.79 Å². The number of hydrogen-bond acceptors (Lipinski definition) is 2. The van der Waals surface area contributed by atoms with Crippen molar-refractivity contribution in [2.24, 2.45) is 0 Å². The van der Waals surface area contributed by atoms with Crippen molar-refractivity contribution in [2.75, 3.05) is 5.32 Å². The third kappa shape index (κ3) is 2.19. The molecule has 5 nitrogen and oxygen atoms in total. The highest BCUT2D eigenvalue weighted by atomic mass is 16.4. The minimum absolute atomic E-state index is 0.279. The molecule has 19 heavy (non-hydrogen) atoms. The Hall–Kier alpha value is -2.30. The molecule has 3 N–H and O–H groups in total. The molecule has 0 bridgehead atoms. The molecule has 5 heteroatoms. The summed E-state index contributed by atoms with van der Waals surface area (Å²) in [5.41, 5.74) is 4.10. The van der Waals surface area contributed by atoms with Gasteiger partial charge < -0.3 is 10.1 Å². The van der Waals surface area contributed by atoms with Crippen LogP contribution in [0.15, 0.2) is 30.7 Å². The van der Waals surface area contributed by atoms with E-state index in [4.69, 9.17) is 5.11 Å². The molecule has 1 aromatic heterocycles. The van der Waals surface area contributed by atoms with Crippen LogP contribution >= 0.6 is 0 Å². The summed E-state index contributed by atoms with van der Waals surface area (Å²) < 4.78 is 0. The molecule has 1 amide bonds. The molecular weight excluding hydrogens is 242 g/mol. The average molecular weight is 257 g/mol. The number of rotatable bonds is 2. The minimum Gasteiger partial charge on any atom is -0.465 e. The summed E-state index contributed by atoms with van der Waals surface area (Å²) in [5.74, 6) is 0.279. The van der Waals surface area contributed by atoms with E-state index in [0.29, 0.717) is 5.69 Å². The molecule has 0 saturated carbocycles. The van der Waals surface area contributed by atoms with E-state index in [1.165, 1.54) is 5.56 Å². The molecule has 98 valence electrons. The number of carboxylic acid groups (broad SMARTS) is 1. The normalized spacial score (nSPS) is 17.8. The average Bonchev–Trinajstić information content (AvgIpc) is 2.91. The zero-order valence-electron chi connectivity index (χ0n) is 10.4. The molecule has 1 atom stereocenters. The number of anilines is 1. The summed E-state index contributed by atoms with van der Waals surface area (Å²) in [6, 6.07) is 5.80. The number of carbonyl (C=O) groups is 1. The first-order valence-corrected chi connectivity index (χ1v) is 6.35. The van der Waals surface area contributed by atoms with Gasteiger partial charge in [0.25, 0.3) is 0 Å². The topological polar surface area (TPSA) is 78.0 Å². The number of aromatic amines is 1. The molecule has 0 radical (unpaired) electrons. The highest BCUT2D eigenvalue weighted by Crippen LogP contribution is 2.38. The Kier molecular flexibility index (Phi) is 2.95. The molecule has 0 spiro atoms. The van der Waals surface area contributed by atoms with Gasteiger partial charge in [0.15, 0.2) is 0 Å². The molecule has 1 aliphatic rings. The van der Waals surface area contributed by atoms with E-state index in [-0.39, 0.29) is 5.92 Å². The highest BCUT2D eigenvalue weighted by Gasteiger charge is 2.24. The molecule has 0 aliphatic heterocycles. The van der Waals surface area contributed by atoms with Crippen molar-refractivity contribution in [1.82, 2.24) is 9.97 Å². The Morgan fingerprint density at radius 2 is 2.37 bits per heavy atom. The number of fused-ring (bicyclic) bond motifs is 1. The third-order valence-electron chi connectivity index (χ3n) is 3.64. The van der Waals surface area contributed by atoms with Crippen LogP contribution in [0.2, 0.25) is 0 Å². The van der Waals surface area contributed by atoms with Crippen molar-refractivity contribution < 1.29 is 9.90 Å². The lowest BCUT2D eigenvalue weighted by molar-refractivity contribution is 0.209. The SMILES string of the molecule is O=C(O)Nc1cccc2c1CCCC2c1cnc[nH]1. The van der Waals surface area contributed by atoms with Gasteiger partial charge in [-0.05, 0) is 36.5 Å². The second-order valence-corrected chi connectivity index (χ2v) is 4.76. The second-order valence-electron chi connectivity index (χ2n) is 4.76. The van der Waals surface area contributed by atoms with Gasteiger partial charge in [-0.25, -0.2) is 9.78 Å². The fourth-order valence-electron chi connectivity index (χ4n) is 2.86. The van der Waals surface area contributed by atoms with Crippen molar-refractivity contribution in [1.29, 1.82) is 0 Å². The monoisotopic (exact) mass is 257 g/mol. The fourth-order valence-corrected chi connectivity index (χ4v) is 2.86. The Labute approximate surface area is 110 Å². The van der Waals surface area contributed by atoms with E-state index < -0.39 is 6.09 Å². The number of H-pyrrole nitrogens is 1. The summed E-state index contributed by atoms with van der Waals surface area (Å²) >= 11 is 0. The van der Waals surface area contributed by atoms with Crippen LogP contribution in [0.1, 0.15) is 35.6 Å². The maximum Gasteiger partial charge on any atom is 0.409 e. The molecule has 0 saturated heterocycles. The first kappa shape index (κ1) is 11.8. The number of nitrogens with zero attached hydrogens (tertiary/aromatic N) is 1. The van der Waals surface area contributed by atoms with Crippen molar-refractivity contribution in [3.63, 3.8) is 0 Å². The van der Waals surface area contributed by atoms with Gasteiger partial charge in [-0.1, -0.05) is 12.1 Å². The van der Waals surface area contributed by atoms with Gasteiger partial charge in [0.2, 0.25) is 0 Å². The van der Waals surface area contributed by atoms with E-state index in [2.05, 4.69) is 21.4 Å². The van der Waals surface area contributed by atoms with Gasteiger partial charge in [-0.2, -0.15) is 0 Å². The summed E-state index contributed by atoms with van der Waals surface area (Å²) in [4.78, 5) is 18.1. The van der Waals surface area contributed by atoms with Crippen LogP contribution < -0.4 is 5.32 Å². The number of benzene rings is 1. The highest BCUT2D eigenvalue weighted by molar-refractivity contribution is 5.84. The van der Waals surface area contributed by atoms with Crippen molar-refractivity contribution in [2.45, 2.75) is 25.2 Å². The fraction of sp³-hybridized carbons (Fsp3) is 0.286. The quantitative estimate of drug-likeness (QED) is 0.774. The van der Waals surface area contributed by atoms with E-state index >= 15 is 0 Å². The van der Waals surface area contributed by atoms with Gasteiger partial charge in [-0.3, -0.25) is 5.32 Å². The molecule has 0 fully saturated rings. The lowest BCUT2D eigenvalue weighted by atomic mass is 9.80. The predicted molar refractivity (Wildman–Crippen MR) is 71.5 cm³/mol. The molecule has 3 rings (SSSR count). The zero-order chi connectivity index (χ0) is 13.2. The largest absolute Gasteiger partial charge is 0.465 e. The Morgan fingerprint density at radius 1 is 1.47 bits per heavy atom. The van der Waals surface area contributed by atoms with Crippen molar-refractivity contribution in [3.8, 4) is 0 Å². The lowest BCUT2D eigenvalue weighted by Gasteiger charge is -2.26. The van der Waals surface area contributed by atoms with Crippen LogP contribution in [0, 0.1) is 0 Å². The van der Waals surface area contributed by atoms with E-state index in [1.807, 2.05) is 18.3 Å². The number of imidazole rings is 1. The zero-order valence-corrected chi connectivity index (χ0v) is 10.4. The number of hydrogen-bond donors (Lipinski definition) is 3. The molecule has 1 heterocycles. The van der Waals surface area contributed by atoms with E-state index in [1.54, 1.807) is 6.33 Å². The Morgan fingerprint density at radius 3 is 3.11 bits per heavy atom. The first-order valence-electron chi connectivity index (χ1n) is 6.35. The molecule has 2 aromatic rings. The number of aromatic nitrogens is 2. The smallest absolute Gasteiger partial charge is 0.409 e. The first-order chi connectivity index (χ1) is 9.25. The van der Waals surface area contributed by atoms with Crippen LogP contribution in [-0.4, -0.2) is 21.2 Å². The van der Waals surface area contributed by atoms with Gasteiger partial charge in [0.05, 0.1) is 6.33 Å². The van der Waals surface area contributed by atoms with Crippen molar-refractivity contribution in [3.05, 3.63) is 47.5 Å². The van der Waals surface area contributed by atoms with Crippen molar-refractivity contribution >= 4 is 11.8 Å². The van der Waals surface area contributed by atoms with Gasteiger partial charge in [0.1, 0.15) is 0 Å². The van der Waals surface area contributed by atoms with Crippen LogP contribution in [0.5, 0.6) is 0 Å². The number of amides is 1. The Balaban J connectivity index is 2.03. The second kappa shape index (κ2) is 4.76. The van der Waals surface area contributed by atoms with E-state index in [0.717, 1.165) is 30.5 Å².